The molecule has 2 aromatic rings. The fraction of sp³-hybridized carbons (Fsp3) is 0.200. The first kappa shape index (κ1) is 13.2. The molecule has 100 valence electrons. The number of halogens is 1. The average molecular weight is 282 g/mol. The van der Waals surface area contributed by atoms with Crippen molar-refractivity contribution in [1.82, 2.24) is 25.1 Å². The number of aromatic nitrogens is 4. The number of nitrogen functional groups attached to an aromatic ring is 1. The lowest BCUT2D eigenvalue weighted by Crippen LogP contribution is -2.24. The number of hydrogen-bond donors (Lipinski definition) is 3. The highest BCUT2D eigenvalue weighted by Crippen LogP contribution is 2.13. The summed E-state index contributed by atoms with van der Waals surface area (Å²) in [7, 11) is 1.75. The number of nitrogens with zero attached hydrogens (tertiary/aromatic N) is 4. The van der Waals surface area contributed by atoms with Crippen molar-refractivity contribution in [2.24, 2.45) is 12.9 Å². The van der Waals surface area contributed by atoms with Crippen molar-refractivity contribution in [3.8, 4) is 0 Å². The Labute approximate surface area is 114 Å². The molecule has 0 spiro atoms. The number of carbonyl (C=O) groups excluding carboxylic acids is 1. The second kappa shape index (κ2) is 5.63. The van der Waals surface area contributed by atoms with E-state index in [1.165, 1.54) is 12.1 Å². The Bertz CT molecular complexity index is 597. The van der Waals surface area contributed by atoms with Gasteiger partial charge in [0.2, 0.25) is 0 Å². The van der Waals surface area contributed by atoms with E-state index < -0.39 is 0 Å². The van der Waals surface area contributed by atoms with Gasteiger partial charge in [-0.05, 0) is 12.1 Å². The Balaban J connectivity index is 2.05. The summed E-state index contributed by atoms with van der Waals surface area (Å²) in [6.07, 6.45) is 1.56. The minimum absolute atomic E-state index is 0.177. The summed E-state index contributed by atoms with van der Waals surface area (Å²) in [5, 5.41) is 6.90. The van der Waals surface area contributed by atoms with E-state index in [0.717, 1.165) is 0 Å². The Morgan fingerprint density at radius 1 is 1.53 bits per heavy atom. The third-order valence-electron chi connectivity index (χ3n) is 2.26. The molecule has 0 radical (unpaired) electrons. The zero-order chi connectivity index (χ0) is 13.8. The number of pyridine rings is 1. The van der Waals surface area contributed by atoms with Crippen molar-refractivity contribution in [3.63, 3.8) is 0 Å². The van der Waals surface area contributed by atoms with Crippen LogP contribution in [0.3, 0.4) is 0 Å². The summed E-state index contributed by atoms with van der Waals surface area (Å²) in [6, 6.07) is 2.94. The third-order valence-corrected chi connectivity index (χ3v) is 2.45. The van der Waals surface area contributed by atoms with Crippen LogP contribution in [0.1, 0.15) is 16.2 Å². The molecule has 1 amide bonds. The molecule has 0 aliphatic rings. The summed E-state index contributed by atoms with van der Waals surface area (Å²) in [5.74, 6) is 5.75. The first-order valence-electron chi connectivity index (χ1n) is 5.35. The zero-order valence-electron chi connectivity index (χ0n) is 10.1. The normalized spacial score (nSPS) is 10.3. The molecule has 0 atom stereocenters. The van der Waals surface area contributed by atoms with Gasteiger partial charge in [0.15, 0.2) is 5.82 Å². The number of rotatable bonds is 4. The maximum atomic E-state index is 11.9. The molecule has 0 fully saturated rings. The maximum Gasteiger partial charge on any atom is 0.251 e. The van der Waals surface area contributed by atoms with E-state index in [4.69, 9.17) is 17.4 Å². The largest absolute Gasteiger partial charge is 0.345 e. The van der Waals surface area contributed by atoms with E-state index >= 15 is 0 Å². The van der Waals surface area contributed by atoms with Gasteiger partial charge in [-0.15, -0.1) is 0 Å². The lowest BCUT2D eigenvalue weighted by molar-refractivity contribution is 0.0950. The molecule has 2 heterocycles. The summed E-state index contributed by atoms with van der Waals surface area (Å²) in [6.45, 7) is 0.227. The number of aryl methyl sites for hydroxylation is 1. The van der Waals surface area contributed by atoms with E-state index in [0.29, 0.717) is 17.2 Å². The standard InChI is InChI=1S/C10H12ClN7O/c1-18-5-14-9(17-18)4-13-10(19)6-2-7(11)15-8(3-6)16-12/h2-3,5H,4,12H2,1H3,(H,13,19)(H,15,16). The van der Waals surface area contributed by atoms with E-state index in [1.54, 1.807) is 18.1 Å². The molecule has 0 aromatic carbocycles. The lowest BCUT2D eigenvalue weighted by atomic mass is 10.2. The van der Waals surface area contributed by atoms with Crippen molar-refractivity contribution in [2.45, 2.75) is 6.54 Å². The van der Waals surface area contributed by atoms with Gasteiger partial charge in [0.1, 0.15) is 17.3 Å². The summed E-state index contributed by atoms with van der Waals surface area (Å²) >= 11 is 5.78. The highest BCUT2D eigenvalue weighted by atomic mass is 35.5. The fourth-order valence-electron chi connectivity index (χ4n) is 1.43. The van der Waals surface area contributed by atoms with Crippen molar-refractivity contribution in [1.29, 1.82) is 0 Å². The highest BCUT2D eigenvalue weighted by molar-refractivity contribution is 6.29. The van der Waals surface area contributed by atoms with Crippen LogP contribution in [0.25, 0.3) is 0 Å². The quantitative estimate of drug-likeness (QED) is 0.416. The number of hydrogen-bond acceptors (Lipinski definition) is 6. The van der Waals surface area contributed by atoms with Gasteiger partial charge in [0, 0.05) is 12.6 Å². The van der Waals surface area contributed by atoms with Crippen LogP contribution in [-0.2, 0) is 13.6 Å². The minimum atomic E-state index is -0.312. The third kappa shape index (κ3) is 3.39. The van der Waals surface area contributed by atoms with Gasteiger partial charge in [-0.25, -0.2) is 15.8 Å². The molecule has 0 saturated heterocycles. The number of amides is 1. The molecule has 0 unspecified atom stereocenters. The zero-order valence-corrected chi connectivity index (χ0v) is 10.8. The van der Waals surface area contributed by atoms with Crippen LogP contribution in [0.4, 0.5) is 5.82 Å². The molecule has 4 N–H and O–H groups in total. The van der Waals surface area contributed by atoms with Crippen molar-refractivity contribution in [2.75, 3.05) is 5.43 Å². The van der Waals surface area contributed by atoms with E-state index in [1.807, 2.05) is 0 Å². The van der Waals surface area contributed by atoms with E-state index in [-0.39, 0.29) is 17.6 Å². The van der Waals surface area contributed by atoms with Crippen LogP contribution >= 0.6 is 11.6 Å². The molecule has 0 bridgehead atoms. The van der Waals surface area contributed by atoms with Crippen molar-refractivity contribution < 1.29 is 4.79 Å². The van der Waals surface area contributed by atoms with Crippen LogP contribution in [0.5, 0.6) is 0 Å². The molecule has 2 rings (SSSR count). The molecule has 19 heavy (non-hydrogen) atoms. The molecule has 0 saturated carbocycles. The monoisotopic (exact) mass is 281 g/mol. The van der Waals surface area contributed by atoms with E-state index in [9.17, 15) is 4.79 Å². The minimum Gasteiger partial charge on any atom is -0.345 e. The van der Waals surface area contributed by atoms with Gasteiger partial charge in [0.25, 0.3) is 5.91 Å². The lowest BCUT2D eigenvalue weighted by Gasteiger charge is -2.05. The Hall–Kier alpha value is -2.19. The predicted octanol–water partition coefficient (Wildman–Crippen LogP) is 0.0791. The van der Waals surface area contributed by atoms with Crippen LogP contribution < -0.4 is 16.6 Å². The Morgan fingerprint density at radius 3 is 2.95 bits per heavy atom. The number of carbonyl (C=O) groups is 1. The number of hydrazine groups is 1. The smallest absolute Gasteiger partial charge is 0.251 e. The van der Waals surface area contributed by atoms with Crippen LogP contribution in [-0.4, -0.2) is 25.7 Å². The first-order chi connectivity index (χ1) is 9.08. The molecule has 0 aliphatic heterocycles. The first-order valence-corrected chi connectivity index (χ1v) is 5.73. The Morgan fingerprint density at radius 2 is 2.32 bits per heavy atom. The fourth-order valence-corrected chi connectivity index (χ4v) is 1.64. The summed E-state index contributed by atoms with van der Waals surface area (Å²) in [5.41, 5.74) is 2.69. The maximum absolute atomic E-state index is 11.9. The van der Waals surface area contributed by atoms with Crippen LogP contribution in [0, 0.1) is 0 Å². The van der Waals surface area contributed by atoms with Gasteiger partial charge < -0.3 is 10.7 Å². The Kier molecular flexibility index (Phi) is 3.93. The van der Waals surface area contributed by atoms with Gasteiger partial charge >= 0.3 is 0 Å². The second-order valence-electron chi connectivity index (χ2n) is 3.73. The topological polar surface area (TPSA) is 111 Å². The highest BCUT2D eigenvalue weighted by Gasteiger charge is 2.09. The number of nitrogens with one attached hydrogen (secondary N) is 2. The van der Waals surface area contributed by atoms with Crippen LogP contribution in [0.2, 0.25) is 5.15 Å². The molecular formula is C10H12ClN7O. The number of nitrogens with two attached hydrogens (primary N) is 1. The SMILES string of the molecule is Cn1cnc(CNC(=O)c2cc(Cl)nc(NN)c2)n1. The molecule has 9 heteroatoms. The van der Waals surface area contributed by atoms with Crippen molar-refractivity contribution >= 4 is 23.3 Å². The van der Waals surface area contributed by atoms with Gasteiger partial charge in [-0.1, -0.05) is 11.6 Å². The summed E-state index contributed by atoms with van der Waals surface area (Å²) in [4.78, 5) is 19.8. The molecule has 8 nitrogen and oxygen atoms in total. The van der Waals surface area contributed by atoms with Gasteiger partial charge in [-0.3, -0.25) is 9.48 Å². The van der Waals surface area contributed by atoms with E-state index in [2.05, 4.69) is 25.8 Å². The van der Waals surface area contributed by atoms with Gasteiger partial charge in [0.05, 0.1) is 6.54 Å². The molecule has 0 aliphatic carbocycles. The van der Waals surface area contributed by atoms with Crippen molar-refractivity contribution in [3.05, 3.63) is 35.0 Å². The van der Waals surface area contributed by atoms with Crippen LogP contribution in [0.15, 0.2) is 18.5 Å². The summed E-state index contributed by atoms with van der Waals surface area (Å²) < 4.78 is 1.56. The predicted molar refractivity (Wildman–Crippen MR) is 69.2 cm³/mol. The molecular weight excluding hydrogens is 270 g/mol. The second-order valence-corrected chi connectivity index (χ2v) is 4.11. The molecule has 2 aromatic heterocycles. The van der Waals surface area contributed by atoms with Gasteiger partial charge in [-0.2, -0.15) is 5.10 Å². The average Bonchev–Trinajstić information content (AvgIpc) is 2.81. The number of anilines is 1.